The molecule has 0 saturated heterocycles. The molecule has 7 heteroatoms. The monoisotopic (exact) mass is 307 g/mol. The van der Waals surface area contributed by atoms with Crippen molar-refractivity contribution in [3.8, 4) is 0 Å². The predicted molar refractivity (Wildman–Crippen MR) is 75.6 cm³/mol. The molecule has 0 amide bonds. The maximum atomic E-state index is 13.5. The minimum Gasteiger partial charge on any atom is -0.399 e. The van der Waals surface area contributed by atoms with Gasteiger partial charge in [-0.05, 0) is 39.0 Å². The van der Waals surface area contributed by atoms with Crippen LogP contribution >= 0.6 is 0 Å². The third kappa shape index (κ3) is 4.01. The Morgan fingerprint density at radius 1 is 1.32 bits per heavy atom. The molecule has 0 spiro atoms. The van der Waals surface area contributed by atoms with Crippen molar-refractivity contribution in [2.75, 3.05) is 17.2 Å². The van der Waals surface area contributed by atoms with Crippen molar-refractivity contribution in [1.29, 1.82) is 0 Å². The van der Waals surface area contributed by atoms with Crippen LogP contribution in [0.3, 0.4) is 0 Å². The molecule has 0 bridgehead atoms. The molecule has 0 saturated carbocycles. The summed E-state index contributed by atoms with van der Waals surface area (Å²) >= 11 is 0. The number of halogens is 1. The van der Waals surface area contributed by atoms with E-state index in [0.717, 1.165) is 6.07 Å². The van der Waals surface area contributed by atoms with E-state index in [4.69, 9.17) is 5.73 Å². The van der Waals surface area contributed by atoms with E-state index in [1.165, 1.54) is 12.1 Å². The third-order valence-electron chi connectivity index (χ3n) is 2.67. The Kier molecular flexibility index (Phi) is 4.73. The van der Waals surface area contributed by atoms with Crippen molar-refractivity contribution >= 4 is 26.3 Å². The Balaban J connectivity index is 2.82. The smallest absolute Gasteiger partial charge is 0.156 e. The van der Waals surface area contributed by atoms with Crippen molar-refractivity contribution in [2.45, 2.75) is 30.4 Å². The number of hydrogen-bond acceptors (Lipinski definition) is 4. The van der Waals surface area contributed by atoms with Crippen LogP contribution in [0.5, 0.6) is 0 Å². The molecule has 0 heterocycles. The Bertz CT molecular complexity index is 591. The molecule has 108 valence electrons. The lowest BCUT2D eigenvalue weighted by molar-refractivity contribution is 0.561. The van der Waals surface area contributed by atoms with Gasteiger partial charge in [0.25, 0.3) is 0 Å². The van der Waals surface area contributed by atoms with E-state index in [-0.39, 0.29) is 22.1 Å². The fourth-order valence-electron chi connectivity index (χ4n) is 1.30. The van der Waals surface area contributed by atoms with Gasteiger partial charge < -0.3 is 5.73 Å². The fraction of sp³-hybridized carbons (Fsp3) is 0.500. The summed E-state index contributed by atoms with van der Waals surface area (Å²) in [6.07, 6.45) is 0. The first-order valence-electron chi connectivity index (χ1n) is 5.70. The van der Waals surface area contributed by atoms with Crippen LogP contribution < -0.4 is 5.73 Å². The van der Waals surface area contributed by atoms with E-state index in [1.807, 2.05) is 0 Å². The Morgan fingerprint density at radius 2 is 1.89 bits per heavy atom. The van der Waals surface area contributed by atoms with Crippen molar-refractivity contribution in [2.24, 2.45) is 0 Å². The standard InChI is InChI=1S/C12H18FNO3S2/c1-12(2,3)19(16,17)7-6-18(15)11-5-4-9(14)8-10(11)13/h4-5,8H,6-7,14H2,1-3H3. The molecular formula is C12H18FNO3S2. The average Bonchev–Trinajstić information content (AvgIpc) is 2.24. The molecule has 0 aliphatic heterocycles. The summed E-state index contributed by atoms with van der Waals surface area (Å²) in [5, 5.41) is 0. The molecule has 2 N–H and O–H groups in total. The number of benzene rings is 1. The van der Waals surface area contributed by atoms with E-state index in [2.05, 4.69) is 0 Å². The van der Waals surface area contributed by atoms with E-state index in [1.54, 1.807) is 20.8 Å². The quantitative estimate of drug-likeness (QED) is 0.859. The molecule has 0 aliphatic carbocycles. The molecular weight excluding hydrogens is 289 g/mol. The van der Waals surface area contributed by atoms with Crippen LogP contribution in [0.4, 0.5) is 10.1 Å². The molecule has 0 aromatic heterocycles. The average molecular weight is 307 g/mol. The summed E-state index contributed by atoms with van der Waals surface area (Å²) in [4.78, 5) is -0.0155. The highest BCUT2D eigenvalue weighted by atomic mass is 32.2. The van der Waals surface area contributed by atoms with Crippen LogP contribution in [0.15, 0.2) is 23.1 Å². The topological polar surface area (TPSA) is 77.2 Å². The van der Waals surface area contributed by atoms with Gasteiger partial charge in [0.05, 0.1) is 26.2 Å². The summed E-state index contributed by atoms with van der Waals surface area (Å²) in [7, 11) is -5.06. The highest BCUT2D eigenvalue weighted by Gasteiger charge is 2.29. The van der Waals surface area contributed by atoms with Gasteiger partial charge in [-0.15, -0.1) is 0 Å². The molecule has 0 fully saturated rings. The third-order valence-corrected chi connectivity index (χ3v) is 6.93. The van der Waals surface area contributed by atoms with E-state index >= 15 is 0 Å². The SMILES string of the molecule is CC(C)(C)S(=O)(=O)CCS(=O)c1ccc(N)cc1F. The number of hydrogen-bond donors (Lipinski definition) is 1. The molecule has 1 atom stereocenters. The molecule has 1 rings (SSSR count). The first kappa shape index (κ1) is 16.1. The van der Waals surface area contributed by atoms with Crippen molar-refractivity contribution in [3.63, 3.8) is 0 Å². The van der Waals surface area contributed by atoms with Gasteiger partial charge in [0, 0.05) is 11.4 Å². The first-order chi connectivity index (χ1) is 8.54. The molecule has 1 aromatic rings. The zero-order chi connectivity index (χ0) is 14.8. The van der Waals surface area contributed by atoms with Gasteiger partial charge in [-0.25, -0.2) is 12.8 Å². The van der Waals surface area contributed by atoms with Gasteiger partial charge in [0.1, 0.15) is 5.82 Å². The van der Waals surface area contributed by atoms with Crippen molar-refractivity contribution < 1.29 is 17.0 Å². The van der Waals surface area contributed by atoms with Crippen LogP contribution in [0.2, 0.25) is 0 Å². The summed E-state index contributed by atoms with van der Waals surface area (Å²) in [5.74, 6) is -1.04. The number of nitrogens with two attached hydrogens (primary N) is 1. The van der Waals surface area contributed by atoms with Gasteiger partial charge in [-0.2, -0.15) is 0 Å². The zero-order valence-corrected chi connectivity index (χ0v) is 12.8. The second-order valence-corrected chi connectivity index (χ2v) is 9.57. The molecule has 4 nitrogen and oxygen atoms in total. The van der Waals surface area contributed by atoms with Gasteiger partial charge >= 0.3 is 0 Å². The normalized spacial score (nSPS) is 14.3. The van der Waals surface area contributed by atoms with Crippen LogP contribution in [0.25, 0.3) is 0 Å². The zero-order valence-electron chi connectivity index (χ0n) is 11.1. The maximum absolute atomic E-state index is 13.5. The molecule has 1 unspecified atom stereocenters. The highest BCUT2D eigenvalue weighted by molar-refractivity contribution is 7.94. The van der Waals surface area contributed by atoms with Crippen LogP contribution in [0.1, 0.15) is 20.8 Å². The minimum atomic E-state index is -3.36. The van der Waals surface area contributed by atoms with Crippen molar-refractivity contribution in [3.05, 3.63) is 24.0 Å². The predicted octanol–water partition coefficient (Wildman–Crippen LogP) is 1.73. The molecule has 0 radical (unpaired) electrons. The maximum Gasteiger partial charge on any atom is 0.156 e. The fourth-order valence-corrected chi connectivity index (χ4v) is 4.11. The number of sulfone groups is 1. The van der Waals surface area contributed by atoms with E-state index in [9.17, 15) is 17.0 Å². The molecule has 1 aromatic carbocycles. The van der Waals surface area contributed by atoms with Gasteiger partial charge in [-0.3, -0.25) is 4.21 Å². The van der Waals surface area contributed by atoms with Crippen LogP contribution in [-0.2, 0) is 20.6 Å². The summed E-state index contributed by atoms with van der Waals surface area (Å²) in [6, 6.07) is 3.84. The van der Waals surface area contributed by atoms with Crippen LogP contribution in [0, 0.1) is 5.82 Å². The second kappa shape index (κ2) is 5.58. The number of nitrogen functional groups attached to an aromatic ring is 1. The van der Waals surface area contributed by atoms with Crippen LogP contribution in [-0.4, -0.2) is 28.9 Å². The second-order valence-electron chi connectivity index (χ2n) is 5.17. The van der Waals surface area contributed by atoms with Gasteiger partial charge in [-0.1, -0.05) is 0 Å². The molecule has 19 heavy (non-hydrogen) atoms. The number of rotatable bonds is 4. The lowest BCUT2D eigenvalue weighted by Crippen LogP contribution is -2.32. The van der Waals surface area contributed by atoms with Gasteiger partial charge in [0.15, 0.2) is 9.84 Å². The van der Waals surface area contributed by atoms with Crippen molar-refractivity contribution in [1.82, 2.24) is 0 Å². The Morgan fingerprint density at radius 3 is 2.37 bits per heavy atom. The summed E-state index contributed by atoms with van der Waals surface area (Å²) in [5.41, 5.74) is 5.63. The lowest BCUT2D eigenvalue weighted by Gasteiger charge is -2.18. The number of anilines is 1. The highest BCUT2D eigenvalue weighted by Crippen LogP contribution is 2.19. The minimum absolute atomic E-state index is 0.0155. The summed E-state index contributed by atoms with van der Waals surface area (Å²) in [6.45, 7) is 4.74. The lowest BCUT2D eigenvalue weighted by atomic mass is 10.3. The first-order valence-corrected chi connectivity index (χ1v) is 8.67. The Labute approximate surface area is 115 Å². The van der Waals surface area contributed by atoms with E-state index < -0.39 is 31.2 Å². The largest absolute Gasteiger partial charge is 0.399 e. The van der Waals surface area contributed by atoms with E-state index in [0.29, 0.717) is 0 Å². The Hall–Kier alpha value is -0.950. The summed E-state index contributed by atoms with van der Waals surface area (Å²) < 4.78 is 48.3. The molecule has 0 aliphatic rings. The van der Waals surface area contributed by atoms with Gasteiger partial charge in [0.2, 0.25) is 0 Å².